The van der Waals surface area contributed by atoms with Gasteiger partial charge in [-0.15, -0.1) is 0 Å². The number of aliphatic hydroxyl groups excluding tert-OH is 1. The molecular weight excluding hydrogens is 212 g/mol. The quantitative estimate of drug-likeness (QED) is 0.867. The minimum absolute atomic E-state index is 0.141. The van der Waals surface area contributed by atoms with Gasteiger partial charge in [-0.2, -0.15) is 5.10 Å². The Balaban J connectivity index is 1.58. The molecule has 0 spiro atoms. The first-order chi connectivity index (χ1) is 8.29. The van der Waals surface area contributed by atoms with Crippen LogP contribution in [-0.2, 0) is 13.0 Å². The smallest absolute Gasteiger partial charge is 0.0615 e. The maximum Gasteiger partial charge on any atom is 0.0615 e. The average Bonchev–Trinajstić information content (AvgIpc) is 2.92. The molecule has 1 aromatic rings. The average molecular weight is 234 g/mol. The number of aliphatic hydroxyl groups is 1. The molecule has 0 aliphatic heterocycles. The molecular formula is C14H22N2O. The standard InChI is InChI=1S/C14H22N2O/c1-2-16-9-10(8-15-16)7-13(17)14-11-5-3-4-6-12(11)14/h8-9,11-14,17H,2-7H2,1H3. The van der Waals surface area contributed by atoms with Crippen LogP contribution in [0.3, 0.4) is 0 Å². The molecule has 3 atom stereocenters. The third kappa shape index (κ3) is 2.13. The van der Waals surface area contributed by atoms with E-state index in [0.29, 0.717) is 5.92 Å². The third-order valence-corrected chi connectivity index (χ3v) is 4.62. The zero-order valence-corrected chi connectivity index (χ0v) is 10.5. The molecule has 94 valence electrons. The number of aryl methyl sites for hydroxylation is 1. The highest BCUT2D eigenvalue weighted by molar-refractivity contribution is 5.10. The van der Waals surface area contributed by atoms with Gasteiger partial charge in [-0.1, -0.05) is 12.8 Å². The van der Waals surface area contributed by atoms with E-state index in [9.17, 15) is 5.11 Å². The normalized spacial score (nSPS) is 33.2. The molecule has 17 heavy (non-hydrogen) atoms. The van der Waals surface area contributed by atoms with Crippen LogP contribution in [0.1, 0.15) is 38.2 Å². The van der Waals surface area contributed by atoms with Gasteiger partial charge in [-0.25, -0.2) is 0 Å². The maximum absolute atomic E-state index is 10.3. The van der Waals surface area contributed by atoms with Crippen LogP contribution in [0.4, 0.5) is 0 Å². The zero-order chi connectivity index (χ0) is 11.8. The summed E-state index contributed by atoms with van der Waals surface area (Å²) < 4.78 is 1.93. The van der Waals surface area contributed by atoms with E-state index in [1.807, 2.05) is 10.9 Å². The van der Waals surface area contributed by atoms with Crippen LogP contribution < -0.4 is 0 Å². The number of aromatic nitrogens is 2. The van der Waals surface area contributed by atoms with Gasteiger partial charge in [0, 0.05) is 19.2 Å². The molecule has 0 bridgehead atoms. The van der Waals surface area contributed by atoms with E-state index in [1.54, 1.807) is 0 Å². The summed E-state index contributed by atoms with van der Waals surface area (Å²) in [6, 6.07) is 0. The highest BCUT2D eigenvalue weighted by atomic mass is 16.3. The van der Waals surface area contributed by atoms with Crippen LogP contribution in [0, 0.1) is 17.8 Å². The Labute approximate surface area is 103 Å². The van der Waals surface area contributed by atoms with Crippen LogP contribution in [0.25, 0.3) is 0 Å². The van der Waals surface area contributed by atoms with E-state index in [4.69, 9.17) is 0 Å². The fourth-order valence-corrected chi connectivity index (χ4v) is 3.68. The van der Waals surface area contributed by atoms with E-state index >= 15 is 0 Å². The monoisotopic (exact) mass is 234 g/mol. The summed E-state index contributed by atoms with van der Waals surface area (Å²) in [6.07, 6.45) is 10.1. The van der Waals surface area contributed by atoms with Gasteiger partial charge in [-0.05, 0) is 43.1 Å². The highest BCUT2D eigenvalue weighted by Gasteiger charge is 2.53. The van der Waals surface area contributed by atoms with Gasteiger partial charge in [0.1, 0.15) is 0 Å². The topological polar surface area (TPSA) is 38.0 Å². The van der Waals surface area contributed by atoms with Crippen molar-refractivity contribution in [1.29, 1.82) is 0 Å². The molecule has 2 aliphatic rings. The number of hydrogen-bond acceptors (Lipinski definition) is 2. The van der Waals surface area contributed by atoms with Crippen molar-refractivity contribution in [2.75, 3.05) is 0 Å². The summed E-state index contributed by atoms with van der Waals surface area (Å²) in [6.45, 7) is 2.99. The molecule has 3 heteroatoms. The largest absolute Gasteiger partial charge is 0.392 e. The fourth-order valence-electron chi connectivity index (χ4n) is 3.68. The Morgan fingerprint density at radius 1 is 1.41 bits per heavy atom. The van der Waals surface area contributed by atoms with E-state index in [2.05, 4.69) is 18.2 Å². The van der Waals surface area contributed by atoms with Crippen LogP contribution in [0.5, 0.6) is 0 Å². The molecule has 3 nitrogen and oxygen atoms in total. The third-order valence-electron chi connectivity index (χ3n) is 4.62. The van der Waals surface area contributed by atoms with Gasteiger partial charge in [-0.3, -0.25) is 4.68 Å². The highest BCUT2D eigenvalue weighted by Crippen LogP contribution is 2.57. The molecule has 3 rings (SSSR count). The number of fused-ring (bicyclic) bond motifs is 1. The van der Waals surface area contributed by atoms with Gasteiger partial charge in [0.2, 0.25) is 0 Å². The molecule has 2 fully saturated rings. The lowest BCUT2D eigenvalue weighted by atomic mass is 10.0. The van der Waals surface area contributed by atoms with Gasteiger partial charge < -0.3 is 5.11 Å². The molecule has 2 saturated carbocycles. The van der Waals surface area contributed by atoms with Crippen LogP contribution in [0.15, 0.2) is 12.4 Å². The SMILES string of the molecule is CCn1cc(CC(O)C2C3CCCCC32)cn1. The molecule has 3 unspecified atom stereocenters. The first kappa shape index (κ1) is 11.3. The van der Waals surface area contributed by atoms with Gasteiger partial charge >= 0.3 is 0 Å². The first-order valence-corrected chi connectivity index (χ1v) is 6.99. The predicted octanol–water partition coefficient (Wildman–Crippen LogP) is 2.24. The van der Waals surface area contributed by atoms with Crippen molar-refractivity contribution in [2.24, 2.45) is 17.8 Å². The fraction of sp³-hybridized carbons (Fsp3) is 0.786. The van der Waals surface area contributed by atoms with E-state index in [0.717, 1.165) is 24.8 Å². The van der Waals surface area contributed by atoms with Crippen LogP contribution in [0.2, 0.25) is 0 Å². The number of nitrogens with zero attached hydrogens (tertiary/aromatic N) is 2. The Morgan fingerprint density at radius 3 is 2.71 bits per heavy atom. The summed E-state index contributed by atoms with van der Waals surface area (Å²) in [5, 5.41) is 14.6. The molecule has 1 heterocycles. The predicted molar refractivity (Wildman–Crippen MR) is 66.5 cm³/mol. The van der Waals surface area contributed by atoms with Crippen molar-refractivity contribution in [1.82, 2.24) is 9.78 Å². The summed E-state index contributed by atoms with van der Waals surface area (Å²) in [4.78, 5) is 0. The molecule has 1 aromatic heterocycles. The Morgan fingerprint density at radius 2 is 2.12 bits per heavy atom. The van der Waals surface area contributed by atoms with Gasteiger partial charge in [0.15, 0.2) is 0 Å². The first-order valence-electron chi connectivity index (χ1n) is 6.99. The van der Waals surface area contributed by atoms with E-state index in [-0.39, 0.29) is 6.10 Å². The van der Waals surface area contributed by atoms with Crippen molar-refractivity contribution in [2.45, 2.75) is 51.7 Å². The summed E-state index contributed by atoms with van der Waals surface area (Å²) in [5.41, 5.74) is 1.18. The van der Waals surface area contributed by atoms with E-state index < -0.39 is 0 Å². The lowest BCUT2D eigenvalue weighted by Gasteiger charge is -2.08. The zero-order valence-electron chi connectivity index (χ0n) is 10.5. The molecule has 0 aromatic carbocycles. The molecule has 0 saturated heterocycles. The second-order valence-electron chi connectivity index (χ2n) is 5.67. The Kier molecular flexibility index (Phi) is 2.95. The minimum atomic E-state index is -0.141. The summed E-state index contributed by atoms with van der Waals surface area (Å²) in [5.74, 6) is 2.25. The maximum atomic E-state index is 10.3. The molecule has 1 N–H and O–H groups in total. The number of hydrogen-bond donors (Lipinski definition) is 1. The molecule has 0 radical (unpaired) electrons. The summed E-state index contributed by atoms with van der Waals surface area (Å²) in [7, 11) is 0. The van der Waals surface area contributed by atoms with Crippen molar-refractivity contribution >= 4 is 0 Å². The van der Waals surface area contributed by atoms with Crippen molar-refractivity contribution in [3.63, 3.8) is 0 Å². The van der Waals surface area contributed by atoms with Gasteiger partial charge in [0.25, 0.3) is 0 Å². The minimum Gasteiger partial charge on any atom is -0.392 e. The van der Waals surface area contributed by atoms with Crippen molar-refractivity contribution < 1.29 is 5.11 Å². The van der Waals surface area contributed by atoms with E-state index in [1.165, 1.54) is 31.2 Å². The van der Waals surface area contributed by atoms with Crippen LogP contribution in [-0.4, -0.2) is 21.0 Å². The van der Waals surface area contributed by atoms with Crippen molar-refractivity contribution in [3.05, 3.63) is 18.0 Å². The Hall–Kier alpha value is -0.830. The Bertz CT molecular complexity index is 375. The van der Waals surface area contributed by atoms with Crippen molar-refractivity contribution in [3.8, 4) is 0 Å². The second kappa shape index (κ2) is 4.45. The lowest BCUT2D eigenvalue weighted by molar-refractivity contribution is 0.140. The molecule has 2 aliphatic carbocycles. The number of rotatable bonds is 4. The second-order valence-corrected chi connectivity index (χ2v) is 5.67. The lowest BCUT2D eigenvalue weighted by Crippen LogP contribution is -2.14. The van der Waals surface area contributed by atoms with Gasteiger partial charge in [0.05, 0.1) is 12.3 Å². The van der Waals surface area contributed by atoms with Crippen LogP contribution >= 0.6 is 0 Å². The molecule has 0 amide bonds. The summed E-state index contributed by atoms with van der Waals surface area (Å²) >= 11 is 0.